The minimum atomic E-state index is -5.02. The average molecular weight is 687 g/mol. The fourth-order valence-electron chi connectivity index (χ4n) is 3.16. The molecule has 0 aliphatic rings. The Morgan fingerprint density at radius 2 is 1.57 bits per heavy atom. The Hall–Kier alpha value is -1.67. The molecule has 0 spiro atoms. The molecule has 0 radical (unpaired) electrons. The molecule has 0 bridgehead atoms. The Kier molecular flexibility index (Phi) is 10.6. The van der Waals surface area contributed by atoms with Gasteiger partial charge in [-0.25, -0.2) is 0 Å². The first-order chi connectivity index (χ1) is 16.9. The molecule has 37 heavy (non-hydrogen) atoms. The van der Waals surface area contributed by atoms with Crippen LogP contribution in [0.2, 0.25) is 0 Å². The summed E-state index contributed by atoms with van der Waals surface area (Å²) in [6, 6.07) is 5.51. The average Bonchev–Trinajstić information content (AvgIpc) is 2.70. The number of amides is 1. The zero-order chi connectivity index (χ0) is 28.2. The second-order valence-electron chi connectivity index (χ2n) is 7.89. The third-order valence-electron chi connectivity index (χ3n) is 4.68. The summed E-state index contributed by atoms with van der Waals surface area (Å²) in [6.45, 7) is 1.34. The van der Waals surface area contributed by atoms with Crippen LogP contribution in [0.5, 0.6) is 0 Å². The zero-order valence-electron chi connectivity index (χ0n) is 18.7. The van der Waals surface area contributed by atoms with Crippen LogP contribution in [0, 0.1) is 0 Å². The lowest BCUT2D eigenvalue weighted by Gasteiger charge is -2.19. The van der Waals surface area contributed by atoms with Gasteiger partial charge in [-0.15, -0.1) is 0 Å². The summed E-state index contributed by atoms with van der Waals surface area (Å²) >= 11 is 6.66. The van der Waals surface area contributed by atoms with Crippen molar-refractivity contribution in [1.29, 1.82) is 0 Å². The van der Waals surface area contributed by atoms with E-state index in [9.17, 15) is 44.3 Å². The topological polar surface area (TPSA) is 29.1 Å². The van der Waals surface area contributed by atoms with Crippen LogP contribution in [0.4, 0.5) is 39.5 Å². The van der Waals surface area contributed by atoms with E-state index in [1.165, 1.54) is 25.1 Å². The van der Waals surface area contributed by atoms with Gasteiger partial charge >= 0.3 is 18.5 Å². The van der Waals surface area contributed by atoms with Crippen molar-refractivity contribution in [1.82, 2.24) is 5.32 Å². The molecule has 2 rings (SSSR count). The van der Waals surface area contributed by atoms with Crippen molar-refractivity contribution in [2.45, 2.75) is 37.4 Å². The number of nitrogens with one attached hydrogen (secondary N) is 1. The third kappa shape index (κ3) is 10.2. The van der Waals surface area contributed by atoms with E-state index in [-0.39, 0.29) is 16.9 Å². The molecule has 1 unspecified atom stereocenters. The van der Waals surface area contributed by atoms with Crippen molar-refractivity contribution in [3.05, 3.63) is 73.7 Å². The van der Waals surface area contributed by atoms with Gasteiger partial charge in [-0.2, -0.15) is 51.3 Å². The molecule has 0 aliphatic carbocycles. The molecule has 0 saturated heterocycles. The van der Waals surface area contributed by atoms with E-state index < -0.39 is 53.3 Å². The third-order valence-corrected chi connectivity index (χ3v) is 6.87. The molecule has 1 amide bonds. The molecular formula is C23H18Br2F9NOS. The van der Waals surface area contributed by atoms with E-state index in [0.717, 1.165) is 18.2 Å². The van der Waals surface area contributed by atoms with Gasteiger partial charge in [-0.3, -0.25) is 4.79 Å². The Morgan fingerprint density at radius 1 is 0.973 bits per heavy atom. The van der Waals surface area contributed by atoms with E-state index in [4.69, 9.17) is 0 Å². The Bertz CT molecular complexity index is 1110. The maximum absolute atomic E-state index is 13.7. The number of allylic oxidation sites excluding steroid dienone is 1. The Balaban J connectivity index is 2.31. The molecule has 0 fully saturated rings. The molecule has 2 aromatic rings. The first-order valence-corrected chi connectivity index (χ1v) is 13.0. The highest BCUT2D eigenvalue weighted by Crippen LogP contribution is 2.39. The molecule has 0 aromatic heterocycles. The van der Waals surface area contributed by atoms with Gasteiger partial charge in [-0.1, -0.05) is 50.1 Å². The number of benzene rings is 2. The molecular weight excluding hydrogens is 669 g/mol. The van der Waals surface area contributed by atoms with Gasteiger partial charge in [0, 0.05) is 20.7 Å². The summed E-state index contributed by atoms with van der Waals surface area (Å²) < 4.78 is 120. The second kappa shape index (κ2) is 12.5. The number of halogens is 11. The predicted molar refractivity (Wildman–Crippen MR) is 131 cm³/mol. The standard InChI is InChI=1S/C23H18Br2F9NOS/c1-12(10-37-11-21(26,27)28)35-20(36)17-4-2-13(6-19(17)23(32,33)34)3-5-18(22(29,30)31)14-7-15(24)9-16(25)8-14/h2-9,12,18H,10-11H2,1H3,(H,35,36)/b5-3+/t12-,18?/m1/s1. The number of rotatable bonds is 8. The summed E-state index contributed by atoms with van der Waals surface area (Å²) in [6.07, 6.45) is -12.6. The minimum absolute atomic E-state index is 0.158. The second-order valence-corrected chi connectivity index (χ2v) is 10.8. The van der Waals surface area contributed by atoms with Crippen molar-refractivity contribution in [3.8, 4) is 0 Å². The normalized spacial score (nSPS) is 14.6. The first-order valence-electron chi connectivity index (χ1n) is 10.2. The number of thioether (sulfide) groups is 1. The molecule has 14 heteroatoms. The van der Waals surface area contributed by atoms with E-state index in [2.05, 4.69) is 37.2 Å². The molecule has 1 N–H and O–H groups in total. The van der Waals surface area contributed by atoms with Crippen molar-refractivity contribution >= 4 is 55.6 Å². The molecule has 204 valence electrons. The van der Waals surface area contributed by atoms with Crippen LogP contribution in [0.15, 0.2) is 51.4 Å². The predicted octanol–water partition coefficient (Wildman–Crippen LogP) is 9.00. The highest BCUT2D eigenvalue weighted by Gasteiger charge is 2.39. The van der Waals surface area contributed by atoms with Gasteiger partial charge < -0.3 is 5.32 Å². The van der Waals surface area contributed by atoms with Gasteiger partial charge in [0.1, 0.15) is 0 Å². The molecule has 2 atom stereocenters. The van der Waals surface area contributed by atoms with Crippen LogP contribution in [0.1, 0.15) is 39.9 Å². The van der Waals surface area contributed by atoms with Crippen LogP contribution >= 0.6 is 43.6 Å². The highest BCUT2D eigenvalue weighted by atomic mass is 79.9. The monoisotopic (exact) mass is 685 g/mol. The molecule has 0 saturated carbocycles. The lowest BCUT2D eigenvalue weighted by molar-refractivity contribution is -0.139. The van der Waals surface area contributed by atoms with Crippen LogP contribution in [-0.4, -0.2) is 35.8 Å². The summed E-state index contributed by atoms with van der Waals surface area (Å²) in [5, 5.41) is 2.21. The number of alkyl halides is 9. The van der Waals surface area contributed by atoms with Gasteiger partial charge in [0.05, 0.1) is 22.8 Å². The number of hydrogen-bond donors (Lipinski definition) is 1. The van der Waals surface area contributed by atoms with Gasteiger partial charge in [0.2, 0.25) is 0 Å². The van der Waals surface area contributed by atoms with Crippen LogP contribution in [0.25, 0.3) is 6.08 Å². The summed E-state index contributed by atoms with van der Waals surface area (Å²) in [7, 11) is 0. The highest BCUT2D eigenvalue weighted by molar-refractivity contribution is 9.11. The number of carbonyl (C=O) groups excluding carboxylic acids is 1. The lowest BCUT2D eigenvalue weighted by Crippen LogP contribution is -2.35. The van der Waals surface area contributed by atoms with Crippen LogP contribution in [-0.2, 0) is 6.18 Å². The zero-order valence-corrected chi connectivity index (χ0v) is 22.7. The maximum Gasteiger partial charge on any atom is 0.417 e. The molecule has 2 aromatic carbocycles. The van der Waals surface area contributed by atoms with Crippen molar-refractivity contribution in [2.24, 2.45) is 0 Å². The van der Waals surface area contributed by atoms with E-state index >= 15 is 0 Å². The minimum Gasteiger partial charge on any atom is -0.349 e. The Morgan fingerprint density at radius 3 is 2.08 bits per heavy atom. The quantitative estimate of drug-likeness (QED) is 0.281. The first kappa shape index (κ1) is 31.5. The van der Waals surface area contributed by atoms with Crippen molar-refractivity contribution in [3.63, 3.8) is 0 Å². The smallest absolute Gasteiger partial charge is 0.349 e. The van der Waals surface area contributed by atoms with E-state index in [1.54, 1.807) is 0 Å². The summed E-state index contributed by atoms with van der Waals surface area (Å²) in [5.74, 6) is -4.68. The van der Waals surface area contributed by atoms with Gasteiger partial charge in [0.15, 0.2) is 0 Å². The number of hydrogen-bond acceptors (Lipinski definition) is 2. The van der Waals surface area contributed by atoms with Crippen molar-refractivity contribution < 1.29 is 44.3 Å². The largest absolute Gasteiger partial charge is 0.417 e. The van der Waals surface area contributed by atoms with Gasteiger partial charge in [0.25, 0.3) is 5.91 Å². The van der Waals surface area contributed by atoms with Crippen LogP contribution < -0.4 is 5.32 Å². The summed E-state index contributed by atoms with van der Waals surface area (Å²) in [4.78, 5) is 12.4. The van der Waals surface area contributed by atoms with E-state index in [1.807, 2.05) is 0 Å². The molecule has 0 aliphatic heterocycles. The summed E-state index contributed by atoms with van der Waals surface area (Å²) in [5.41, 5.74) is -2.59. The van der Waals surface area contributed by atoms with E-state index in [0.29, 0.717) is 32.8 Å². The SMILES string of the molecule is C[C@H](CSCC(F)(F)F)NC(=O)c1ccc(/C=C/C(c2cc(Br)cc(Br)c2)C(F)(F)F)cc1C(F)(F)F. The maximum atomic E-state index is 13.7. The van der Waals surface area contributed by atoms with Crippen LogP contribution in [0.3, 0.4) is 0 Å². The fraction of sp³-hybridized carbons (Fsp3) is 0.348. The van der Waals surface area contributed by atoms with Gasteiger partial charge in [-0.05, 0) is 48.4 Å². The molecule has 2 nitrogen and oxygen atoms in total. The fourth-order valence-corrected chi connectivity index (χ4v) is 5.28. The lowest BCUT2D eigenvalue weighted by atomic mass is 9.96. The molecule has 0 heterocycles. The van der Waals surface area contributed by atoms with Crippen molar-refractivity contribution in [2.75, 3.05) is 11.5 Å². The number of carbonyl (C=O) groups is 1. The Labute approximate surface area is 227 Å².